The molecule has 1 aromatic rings. The average Bonchev–Trinajstić information content (AvgIpc) is 2.26. The van der Waals surface area contributed by atoms with E-state index < -0.39 is 9.13 Å². The molecule has 0 fully saturated rings. The van der Waals surface area contributed by atoms with Crippen LogP contribution in [0.2, 0.25) is 12.1 Å². The highest BCUT2D eigenvalue weighted by molar-refractivity contribution is 6.51. The van der Waals surface area contributed by atoms with Crippen molar-refractivity contribution in [2.24, 2.45) is 0 Å². The molecule has 0 nitrogen and oxygen atoms in total. The number of halogens is 1. The maximum atomic E-state index is 13.2. The molecule has 15 heavy (non-hydrogen) atoms. The summed E-state index contributed by atoms with van der Waals surface area (Å²) in [5.74, 6) is 0. The van der Waals surface area contributed by atoms with Gasteiger partial charge in [-0.15, -0.1) is 0 Å². The van der Waals surface area contributed by atoms with Gasteiger partial charge in [-0.3, -0.25) is 0 Å². The quantitative estimate of drug-likeness (QED) is 0.389. The molecule has 1 aromatic carbocycles. The molecule has 1 unspecified atom stereocenters. The van der Waals surface area contributed by atoms with Crippen LogP contribution in [0.3, 0.4) is 0 Å². The van der Waals surface area contributed by atoms with Crippen molar-refractivity contribution in [2.75, 3.05) is 0 Å². The SMILES string of the molecule is CCC[SiH](F)CC=CCc1ccccc1. The third kappa shape index (κ3) is 5.53. The molecule has 0 aromatic heterocycles. The Bertz CT molecular complexity index is 282. The zero-order valence-corrected chi connectivity index (χ0v) is 10.5. The van der Waals surface area contributed by atoms with E-state index in [1.807, 2.05) is 31.2 Å². The Balaban J connectivity index is 2.22. The van der Waals surface area contributed by atoms with E-state index in [4.69, 9.17) is 0 Å². The van der Waals surface area contributed by atoms with Crippen molar-refractivity contribution in [3.05, 3.63) is 48.0 Å². The highest BCUT2D eigenvalue weighted by Gasteiger charge is 2.04. The van der Waals surface area contributed by atoms with Gasteiger partial charge in [0.25, 0.3) is 0 Å². The van der Waals surface area contributed by atoms with Crippen LogP contribution in [0.15, 0.2) is 42.5 Å². The molecular weight excluding hydrogens is 203 g/mol. The first-order valence-corrected chi connectivity index (χ1v) is 7.73. The second-order valence-corrected chi connectivity index (χ2v) is 6.03. The molecule has 82 valence electrons. The molecule has 1 atom stereocenters. The van der Waals surface area contributed by atoms with Crippen LogP contribution in [0, 0.1) is 0 Å². The molecule has 0 aliphatic rings. The maximum Gasteiger partial charge on any atom is 0.235 e. The molecule has 0 saturated heterocycles. The van der Waals surface area contributed by atoms with Gasteiger partial charge in [-0.2, -0.15) is 0 Å². The fourth-order valence-electron chi connectivity index (χ4n) is 1.51. The lowest BCUT2D eigenvalue weighted by atomic mass is 10.1. The van der Waals surface area contributed by atoms with E-state index in [9.17, 15) is 4.11 Å². The van der Waals surface area contributed by atoms with Crippen molar-refractivity contribution in [3.8, 4) is 0 Å². The smallest absolute Gasteiger partial charge is 0.235 e. The molecule has 0 aliphatic carbocycles. The molecular formula is C13H19FSi. The summed E-state index contributed by atoms with van der Waals surface area (Å²) in [6, 6.07) is 11.8. The monoisotopic (exact) mass is 222 g/mol. The van der Waals surface area contributed by atoms with Crippen molar-refractivity contribution in [1.82, 2.24) is 0 Å². The first-order valence-electron chi connectivity index (χ1n) is 5.66. The molecule has 0 saturated carbocycles. The lowest BCUT2D eigenvalue weighted by Gasteiger charge is -1.99. The van der Waals surface area contributed by atoms with Crippen molar-refractivity contribution < 1.29 is 4.11 Å². The molecule has 0 bridgehead atoms. The third-order valence-electron chi connectivity index (χ3n) is 2.36. The number of hydrogen-bond donors (Lipinski definition) is 0. The van der Waals surface area contributed by atoms with Gasteiger partial charge in [0.05, 0.1) is 0 Å². The van der Waals surface area contributed by atoms with Crippen LogP contribution < -0.4 is 0 Å². The predicted octanol–water partition coefficient (Wildman–Crippen LogP) is 3.89. The van der Waals surface area contributed by atoms with E-state index in [0.29, 0.717) is 6.04 Å². The van der Waals surface area contributed by atoms with Crippen molar-refractivity contribution in [2.45, 2.75) is 31.9 Å². The van der Waals surface area contributed by atoms with Crippen LogP contribution in [-0.4, -0.2) is 9.13 Å². The summed E-state index contributed by atoms with van der Waals surface area (Å²) in [5, 5.41) is 0. The van der Waals surface area contributed by atoms with Crippen LogP contribution in [-0.2, 0) is 6.42 Å². The fourth-order valence-corrected chi connectivity index (χ4v) is 2.86. The van der Waals surface area contributed by atoms with Crippen LogP contribution in [0.4, 0.5) is 4.11 Å². The van der Waals surface area contributed by atoms with Gasteiger partial charge in [0.2, 0.25) is 9.13 Å². The fraction of sp³-hybridized carbons (Fsp3) is 0.385. The minimum atomic E-state index is -1.91. The van der Waals surface area contributed by atoms with E-state index in [1.165, 1.54) is 5.56 Å². The van der Waals surface area contributed by atoms with Crippen molar-refractivity contribution >= 4 is 9.13 Å². The largest absolute Gasteiger partial charge is 0.318 e. The minimum Gasteiger partial charge on any atom is -0.318 e. The van der Waals surface area contributed by atoms with Crippen molar-refractivity contribution in [1.29, 1.82) is 0 Å². The van der Waals surface area contributed by atoms with Gasteiger partial charge < -0.3 is 4.11 Å². The first-order chi connectivity index (χ1) is 7.33. The molecule has 1 rings (SSSR count). The van der Waals surface area contributed by atoms with Crippen LogP contribution in [0.1, 0.15) is 18.9 Å². The Kier molecular flexibility index (Phi) is 6.01. The molecule has 0 N–H and O–H groups in total. The third-order valence-corrected chi connectivity index (χ3v) is 4.34. The standard InChI is InChI=1S/C13H19FSi/c1-2-11-15(14)12-7-6-10-13-8-4-3-5-9-13/h3-9,15H,2,10-12H2,1H3. The molecule has 2 heteroatoms. The van der Waals surface area contributed by atoms with Gasteiger partial charge >= 0.3 is 0 Å². The van der Waals surface area contributed by atoms with Crippen LogP contribution >= 0.6 is 0 Å². The topological polar surface area (TPSA) is 0 Å². The van der Waals surface area contributed by atoms with E-state index in [2.05, 4.69) is 18.2 Å². The van der Waals surface area contributed by atoms with E-state index >= 15 is 0 Å². The minimum absolute atomic E-state index is 0.695. The molecule has 0 aliphatic heterocycles. The van der Waals surface area contributed by atoms with Gasteiger partial charge in [0, 0.05) is 0 Å². The molecule has 0 radical (unpaired) electrons. The van der Waals surface area contributed by atoms with Crippen LogP contribution in [0.5, 0.6) is 0 Å². The molecule has 0 spiro atoms. The van der Waals surface area contributed by atoms with E-state index in [-0.39, 0.29) is 0 Å². The van der Waals surface area contributed by atoms with E-state index in [1.54, 1.807) is 0 Å². The van der Waals surface area contributed by atoms with Crippen LogP contribution in [0.25, 0.3) is 0 Å². The summed E-state index contributed by atoms with van der Waals surface area (Å²) in [7, 11) is -1.91. The highest BCUT2D eigenvalue weighted by atomic mass is 28.3. The summed E-state index contributed by atoms with van der Waals surface area (Å²) < 4.78 is 13.2. The summed E-state index contributed by atoms with van der Waals surface area (Å²) >= 11 is 0. The number of rotatable bonds is 6. The van der Waals surface area contributed by atoms with Gasteiger partial charge in [-0.1, -0.05) is 55.8 Å². The summed E-state index contributed by atoms with van der Waals surface area (Å²) in [6.45, 7) is 2.05. The average molecular weight is 222 g/mol. The summed E-state index contributed by atoms with van der Waals surface area (Å²) in [4.78, 5) is 0. The summed E-state index contributed by atoms with van der Waals surface area (Å²) in [5.41, 5.74) is 1.29. The Morgan fingerprint density at radius 3 is 2.60 bits per heavy atom. The Labute approximate surface area is 93.6 Å². The molecule has 0 heterocycles. The second-order valence-electron chi connectivity index (χ2n) is 3.78. The van der Waals surface area contributed by atoms with Gasteiger partial charge in [0.1, 0.15) is 0 Å². The number of hydrogen-bond acceptors (Lipinski definition) is 0. The second kappa shape index (κ2) is 7.41. The normalized spacial score (nSPS) is 13.2. The van der Waals surface area contributed by atoms with Gasteiger partial charge in [-0.25, -0.2) is 0 Å². The Hall–Kier alpha value is -0.893. The summed E-state index contributed by atoms with van der Waals surface area (Å²) in [6.07, 6.45) is 6.01. The number of benzene rings is 1. The van der Waals surface area contributed by atoms with Gasteiger partial charge in [-0.05, 0) is 24.1 Å². The maximum absolute atomic E-state index is 13.2. The lowest BCUT2D eigenvalue weighted by Crippen LogP contribution is -2.01. The lowest BCUT2D eigenvalue weighted by molar-refractivity contribution is 0.803. The highest BCUT2D eigenvalue weighted by Crippen LogP contribution is 2.06. The Morgan fingerprint density at radius 2 is 1.93 bits per heavy atom. The van der Waals surface area contributed by atoms with Gasteiger partial charge in [0.15, 0.2) is 0 Å². The predicted molar refractivity (Wildman–Crippen MR) is 67.4 cm³/mol. The Morgan fingerprint density at radius 1 is 1.20 bits per heavy atom. The molecule has 0 amide bonds. The first kappa shape index (κ1) is 12.2. The number of allylic oxidation sites excluding steroid dienone is 2. The van der Waals surface area contributed by atoms with E-state index in [0.717, 1.165) is 18.9 Å². The van der Waals surface area contributed by atoms with Crippen molar-refractivity contribution in [3.63, 3.8) is 0 Å². The zero-order chi connectivity index (χ0) is 10.9. The zero-order valence-electron chi connectivity index (χ0n) is 9.33.